The minimum absolute atomic E-state index is 0.00226. The predicted molar refractivity (Wildman–Crippen MR) is 95.5 cm³/mol. The maximum Gasteiger partial charge on any atom is 0.356 e. The van der Waals surface area contributed by atoms with E-state index in [9.17, 15) is 19.1 Å². The Hall–Kier alpha value is -1.89. The highest BCUT2D eigenvalue weighted by molar-refractivity contribution is 6.38. The van der Waals surface area contributed by atoms with E-state index in [1.54, 1.807) is 0 Å². The minimum Gasteiger partial charge on any atom is -0.476 e. The van der Waals surface area contributed by atoms with Crippen LogP contribution in [-0.4, -0.2) is 22.0 Å². The van der Waals surface area contributed by atoms with Gasteiger partial charge in [-0.2, -0.15) is 0 Å². The highest BCUT2D eigenvalue weighted by Gasteiger charge is 2.22. The molecule has 1 aromatic carbocycles. The number of rotatable bonds is 4. The van der Waals surface area contributed by atoms with Gasteiger partial charge >= 0.3 is 5.97 Å². The summed E-state index contributed by atoms with van der Waals surface area (Å²) < 4.78 is 13.8. The Morgan fingerprint density at radius 1 is 1.24 bits per heavy atom. The van der Waals surface area contributed by atoms with Crippen LogP contribution >= 0.6 is 34.8 Å². The second-order valence-electron chi connectivity index (χ2n) is 5.14. The molecule has 1 heterocycles. The summed E-state index contributed by atoms with van der Waals surface area (Å²) in [6.07, 6.45) is -1.44. The second-order valence-corrected chi connectivity index (χ2v) is 6.31. The quantitative estimate of drug-likeness (QED) is 0.714. The number of aromatic nitrogens is 1. The predicted octanol–water partition coefficient (Wildman–Crippen LogP) is 5.40. The molecule has 0 aliphatic rings. The van der Waals surface area contributed by atoms with Gasteiger partial charge in [-0.25, -0.2) is 14.2 Å². The molecule has 1 aromatic heterocycles. The molecule has 0 spiro atoms. The van der Waals surface area contributed by atoms with Crippen molar-refractivity contribution in [1.82, 2.24) is 4.98 Å². The molecule has 2 aromatic rings. The van der Waals surface area contributed by atoms with Crippen molar-refractivity contribution < 1.29 is 19.1 Å². The summed E-state index contributed by atoms with van der Waals surface area (Å²) in [5, 5.41) is 11.6. The molecule has 0 bridgehead atoms. The average molecular weight is 406 g/mol. The number of carboxylic acid groups (broad SMARTS) is 1. The Balaban J connectivity index is 2.75. The lowest BCUT2D eigenvalue weighted by Crippen LogP contribution is -2.11. The van der Waals surface area contributed by atoms with E-state index in [0.717, 1.165) is 0 Å². The first-order valence-corrected chi connectivity index (χ1v) is 8.10. The molecule has 0 saturated carbocycles. The monoisotopic (exact) mass is 404 g/mol. The molecular weight excluding hydrogens is 394 g/mol. The van der Waals surface area contributed by atoms with E-state index in [1.807, 2.05) is 0 Å². The Kier molecular flexibility index (Phi) is 5.87. The van der Waals surface area contributed by atoms with Crippen LogP contribution in [0.2, 0.25) is 15.1 Å². The zero-order chi connectivity index (χ0) is 18.9. The number of nitrogens with zero attached hydrogens (tertiary/aromatic N) is 1. The molecular formula is C16H12Cl3FN2O3. The lowest BCUT2D eigenvalue weighted by molar-refractivity contribution is -0.114. The summed E-state index contributed by atoms with van der Waals surface area (Å²) in [7, 11) is 0. The Morgan fingerprint density at radius 3 is 2.40 bits per heavy atom. The van der Waals surface area contributed by atoms with Crippen LogP contribution in [0.5, 0.6) is 0 Å². The van der Waals surface area contributed by atoms with Crippen LogP contribution in [0.3, 0.4) is 0 Å². The van der Waals surface area contributed by atoms with Gasteiger partial charge in [0.05, 0.1) is 21.4 Å². The van der Waals surface area contributed by atoms with Crippen LogP contribution in [-0.2, 0) is 4.79 Å². The summed E-state index contributed by atoms with van der Waals surface area (Å²) in [4.78, 5) is 26.7. The standard InChI is InChI=1S/C16H12Cl3FN2O3/c1-6(20)12-9(17)4-3-8(13(12)18)10-5-11(21-7(2)23)14(19)15(22-10)16(24)25/h3-6H,1-2H3,(H,24,25)(H,21,22,23). The summed E-state index contributed by atoms with van der Waals surface area (Å²) in [5.41, 5.74) is 0.0159. The summed E-state index contributed by atoms with van der Waals surface area (Å²) in [6, 6.07) is 4.27. The van der Waals surface area contributed by atoms with Gasteiger partial charge in [-0.3, -0.25) is 4.79 Å². The highest BCUT2D eigenvalue weighted by atomic mass is 35.5. The highest BCUT2D eigenvalue weighted by Crippen LogP contribution is 2.40. The number of carbonyl (C=O) groups excluding carboxylic acids is 1. The zero-order valence-electron chi connectivity index (χ0n) is 13.0. The summed E-state index contributed by atoms with van der Waals surface area (Å²) in [6.45, 7) is 2.52. The molecule has 1 unspecified atom stereocenters. The fourth-order valence-corrected chi connectivity index (χ4v) is 3.21. The van der Waals surface area contributed by atoms with Crippen LogP contribution < -0.4 is 5.32 Å². The lowest BCUT2D eigenvalue weighted by Gasteiger charge is -2.15. The Labute approximate surface area is 157 Å². The van der Waals surface area contributed by atoms with E-state index < -0.39 is 23.7 Å². The number of benzene rings is 1. The normalized spacial score (nSPS) is 11.9. The number of pyridine rings is 1. The van der Waals surface area contributed by atoms with Crippen molar-refractivity contribution in [2.24, 2.45) is 0 Å². The number of anilines is 1. The number of alkyl halides is 1. The third-order valence-electron chi connectivity index (χ3n) is 3.27. The van der Waals surface area contributed by atoms with Crippen LogP contribution in [0.4, 0.5) is 10.1 Å². The van der Waals surface area contributed by atoms with E-state index in [1.165, 1.54) is 32.0 Å². The van der Waals surface area contributed by atoms with Crippen LogP contribution in [0.15, 0.2) is 18.2 Å². The van der Waals surface area contributed by atoms with Gasteiger partial charge in [0, 0.05) is 23.1 Å². The van der Waals surface area contributed by atoms with Gasteiger partial charge < -0.3 is 10.4 Å². The smallest absolute Gasteiger partial charge is 0.356 e. The van der Waals surface area contributed by atoms with E-state index in [0.29, 0.717) is 0 Å². The second kappa shape index (κ2) is 7.56. The van der Waals surface area contributed by atoms with Crippen LogP contribution in [0.25, 0.3) is 11.3 Å². The molecule has 0 radical (unpaired) electrons. The molecule has 25 heavy (non-hydrogen) atoms. The molecule has 1 amide bonds. The van der Waals surface area contributed by atoms with E-state index in [4.69, 9.17) is 34.8 Å². The summed E-state index contributed by atoms with van der Waals surface area (Å²) in [5.74, 6) is -1.83. The number of carbonyl (C=O) groups is 2. The minimum atomic E-state index is -1.44. The Morgan fingerprint density at radius 2 is 1.88 bits per heavy atom. The number of halogens is 4. The first-order chi connectivity index (χ1) is 11.6. The maximum absolute atomic E-state index is 13.8. The first-order valence-electron chi connectivity index (χ1n) is 6.97. The van der Waals surface area contributed by atoms with Crippen molar-refractivity contribution in [1.29, 1.82) is 0 Å². The van der Waals surface area contributed by atoms with Crippen molar-refractivity contribution >= 4 is 52.4 Å². The van der Waals surface area contributed by atoms with Gasteiger partial charge in [-0.15, -0.1) is 0 Å². The molecule has 2 rings (SSSR count). The fraction of sp³-hybridized carbons (Fsp3) is 0.188. The SMILES string of the molecule is CC(=O)Nc1cc(-c2ccc(Cl)c(C(C)F)c2Cl)nc(C(=O)O)c1Cl. The molecule has 0 aliphatic heterocycles. The number of amides is 1. The number of hydrogen-bond acceptors (Lipinski definition) is 3. The molecule has 9 heteroatoms. The van der Waals surface area contributed by atoms with Crippen LogP contribution in [0.1, 0.15) is 36.1 Å². The fourth-order valence-electron chi connectivity index (χ4n) is 2.22. The molecule has 2 N–H and O–H groups in total. The molecule has 0 aliphatic carbocycles. The number of carboxylic acids is 1. The van der Waals surface area contributed by atoms with Gasteiger partial charge in [0.15, 0.2) is 5.69 Å². The zero-order valence-corrected chi connectivity index (χ0v) is 15.3. The van der Waals surface area contributed by atoms with Crippen molar-refractivity contribution in [2.45, 2.75) is 20.0 Å². The van der Waals surface area contributed by atoms with E-state index >= 15 is 0 Å². The van der Waals surface area contributed by atoms with Crippen LogP contribution in [0, 0.1) is 0 Å². The van der Waals surface area contributed by atoms with Crippen molar-refractivity contribution in [3.8, 4) is 11.3 Å². The van der Waals surface area contributed by atoms with Crippen molar-refractivity contribution in [2.75, 3.05) is 5.32 Å². The van der Waals surface area contributed by atoms with Gasteiger partial charge in [-0.05, 0) is 25.1 Å². The van der Waals surface area contributed by atoms with E-state index in [-0.39, 0.29) is 37.6 Å². The van der Waals surface area contributed by atoms with Gasteiger partial charge in [0.1, 0.15) is 6.17 Å². The third kappa shape index (κ3) is 4.03. The molecule has 5 nitrogen and oxygen atoms in total. The van der Waals surface area contributed by atoms with Gasteiger partial charge in [-0.1, -0.05) is 34.8 Å². The molecule has 132 valence electrons. The maximum atomic E-state index is 13.8. The average Bonchev–Trinajstić information content (AvgIpc) is 2.48. The topological polar surface area (TPSA) is 79.3 Å². The number of aromatic carboxylic acids is 1. The molecule has 1 atom stereocenters. The molecule has 0 fully saturated rings. The lowest BCUT2D eigenvalue weighted by atomic mass is 10.0. The van der Waals surface area contributed by atoms with Gasteiger partial charge in [0.25, 0.3) is 0 Å². The van der Waals surface area contributed by atoms with Crippen molar-refractivity contribution in [3.63, 3.8) is 0 Å². The van der Waals surface area contributed by atoms with E-state index in [2.05, 4.69) is 10.3 Å². The van der Waals surface area contributed by atoms with Gasteiger partial charge in [0.2, 0.25) is 5.91 Å². The molecule has 0 saturated heterocycles. The van der Waals surface area contributed by atoms with Crippen molar-refractivity contribution in [3.05, 3.63) is 44.5 Å². The Bertz CT molecular complexity index is 872. The number of nitrogens with one attached hydrogen (secondary N) is 1. The third-order valence-corrected chi connectivity index (χ3v) is 4.39. The summed E-state index contributed by atoms with van der Waals surface area (Å²) >= 11 is 18.2. The number of hydrogen-bond donors (Lipinski definition) is 2. The first kappa shape index (κ1) is 19.4. The largest absolute Gasteiger partial charge is 0.476 e.